The van der Waals surface area contributed by atoms with Crippen LogP contribution in [-0.2, 0) is 32.6 Å². The van der Waals surface area contributed by atoms with Gasteiger partial charge in [0.15, 0.2) is 0 Å². The molecule has 8 nitrogen and oxygen atoms in total. The van der Waals surface area contributed by atoms with Crippen LogP contribution in [0.4, 0.5) is 14.5 Å². The first kappa shape index (κ1) is 33.1. The third kappa shape index (κ3) is 8.45. The molecule has 0 aromatic heterocycles. The molecule has 0 aliphatic carbocycles. The molecule has 0 saturated heterocycles. The van der Waals surface area contributed by atoms with Crippen molar-refractivity contribution in [1.82, 2.24) is 10.2 Å². The zero-order valence-corrected chi connectivity index (χ0v) is 26.0. The number of sulfonamides is 1. The average molecular weight is 636 g/mol. The van der Waals surface area contributed by atoms with E-state index in [4.69, 9.17) is 4.74 Å². The number of nitrogens with zero attached hydrogens (tertiary/aromatic N) is 2. The summed E-state index contributed by atoms with van der Waals surface area (Å²) in [6.07, 6.45) is 0.0847. The Bertz CT molecular complexity index is 1700. The van der Waals surface area contributed by atoms with Gasteiger partial charge in [0.25, 0.3) is 10.0 Å². The van der Waals surface area contributed by atoms with Gasteiger partial charge >= 0.3 is 0 Å². The zero-order chi connectivity index (χ0) is 32.6. The maximum Gasteiger partial charge on any atom is 0.264 e. The number of carbonyl (C=O) groups is 2. The maximum atomic E-state index is 15.0. The normalized spacial score (nSPS) is 12.0. The molecule has 2 amide bonds. The minimum Gasteiger partial charge on any atom is -0.497 e. The summed E-state index contributed by atoms with van der Waals surface area (Å²) in [4.78, 5) is 29.1. The van der Waals surface area contributed by atoms with Crippen LogP contribution in [0.1, 0.15) is 25.0 Å². The summed E-state index contributed by atoms with van der Waals surface area (Å²) < 4.78 is 62.9. The molecule has 0 fully saturated rings. The van der Waals surface area contributed by atoms with Crippen LogP contribution >= 0.6 is 0 Å². The number of hydrogen-bond acceptors (Lipinski definition) is 5. The Kier molecular flexibility index (Phi) is 10.9. The Morgan fingerprint density at radius 3 is 2.07 bits per heavy atom. The van der Waals surface area contributed by atoms with Gasteiger partial charge in [-0.2, -0.15) is 0 Å². The highest BCUT2D eigenvalue weighted by molar-refractivity contribution is 7.92. The van der Waals surface area contributed by atoms with E-state index < -0.39 is 46.1 Å². The van der Waals surface area contributed by atoms with Crippen LogP contribution in [0.3, 0.4) is 0 Å². The van der Waals surface area contributed by atoms with Crippen molar-refractivity contribution in [2.75, 3.05) is 18.0 Å². The number of rotatable bonds is 13. The van der Waals surface area contributed by atoms with Gasteiger partial charge in [-0.25, -0.2) is 17.2 Å². The molecule has 0 heterocycles. The van der Waals surface area contributed by atoms with Gasteiger partial charge in [-0.05, 0) is 74.0 Å². The summed E-state index contributed by atoms with van der Waals surface area (Å²) in [5.41, 5.74) is 0.916. The molecule has 236 valence electrons. The summed E-state index contributed by atoms with van der Waals surface area (Å²) in [6, 6.07) is 23.8. The maximum absolute atomic E-state index is 15.0. The monoisotopic (exact) mass is 635 g/mol. The zero-order valence-electron chi connectivity index (χ0n) is 25.2. The molecule has 11 heteroatoms. The Morgan fingerprint density at radius 1 is 0.844 bits per heavy atom. The fourth-order valence-electron chi connectivity index (χ4n) is 4.76. The van der Waals surface area contributed by atoms with E-state index in [1.54, 1.807) is 44.2 Å². The molecule has 0 bridgehead atoms. The molecule has 0 spiro atoms. The molecule has 45 heavy (non-hydrogen) atoms. The van der Waals surface area contributed by atoms with E-state index in [-0.39, 0.29) is 35.2 Å². The molecule has 0 unspecified atom stereocenters. The first-order valence-electron chi connectivity index (χ1n) is 14.3. The molecule has 0 aliphatic heterocycles. The van der Waals surface area contributed by atoms with Crippen LogP contribution in [-0.4, -0.2) is 50.9 Å². The van der Waals surface area contributed by atoms with Crippen molar-refractivity contribution in [3.63, 3.8) is 0 Å². The van der Waals surface area contributed by atoms with Crippen LogP contribution < -0.4 is 14.4 Å². The van der Waals surface area contributed by atoms with Gasteiger partial charge < -0.3 is 15.0 Å². The highest BCUT2D eigenvalue weighted by Gasteiger charge is 2.35. The molecule has 4 aromatic carbocycles. The number of carbonyl (C=O) groups excluding carboxylic acids is 2. The first-order chi connectivity index (χ1) is 21.5. The lowest BCUT2D eigenvalue weighted by molar-refractivity contribution is -0.140. The van der Waals surface area contributed by atoms with Crippen LogP contribution in [0.5, 0.6) is 5.75 Å². The fourth-order valence-corrected chi connectivity index (χ4v) is 6.17. The second-order valence-corrected chi connectivity index (χ2v) is 12.5. The predicted octanol–water partition coefficient (Wildman–Crippen LogP) is 5.33. The number of ether oxygens (including phenoxy) is 1. The lowest BCUT2D eigenvalue weighted by Crippen LogP contribution is -2.54. The van der Waals surface area contributed by atoms with Crippen LogP contribution in [0.25, 0.3) is 0 Å². The Morgan fingerprint density at radius 2 is 1.47 bits per heavy atom. The van der Waals surface area contributed by atoms with Gasteiger partial charge in [0.1, 0.15) is 30.0 Å². The van der Waals surface area contributed by atoms with Gasteiger partial charge in [-0.1, -0.05) is 48.5 Å². The topological polar surface area (TPSA) is 96.0 Å². The highest BCUT2D eigenvalue weighted by atomic mass is 32.2. The number of methoxy groups -OCH3 is 1. The van der Waals surface area contributed by atoms with Crippen molar-refractivity contribution >= 4 is 27.5 Å². The summed E-state index contributed by atoms with van der Waals surface area (Å²) >= 11 is 0. The fraction of sp³-hybridized carbons (Fsp3) is 0.235. The molecular weight excluding hydrogens is 600 g/mol. The molecule has 4 aromatic rings. The number of halogens is 2. The highest BCUT2D eigenvalue weighted by Crippen LogP contribution is 2.27. The third-order valence-corrected chi connectivity index (χ3v) is 8.83. The lowest BCUT2D eigenvalue weighted by atomic mass is 10.0. The summed E-state index contributed by atoms with van der Waals surface area (Å²) in [6.45, 7) is 2.49. The van der Waals surface area contributed by atoms with E-state index in [2.05, 4.69) is 5.32 Å². The van der Waals surface area contributed by atoms with Crippen molar-refractivity contribution in [3.05, 3.63) is 126 Å². The molecule has 0 radical (unpaired) electrons. The Hall–Kier alpha value is -4.77. The van der Waals surface area contributed by atoms with Crippen molar-refractivity contribution in [2.45, 2.75) is 43.8 Å². The van der Waals surface area contributed by atoms with Gasteiger partial charge in [0.05, 0.1) is 17.7 Å². The molecule has 0 aliphatic rings. The SMILES string of the molecule is COc1ccc(S(=O)(=O)N(CC(=O)N(Cc2ccccc2F)[C@@H](Cc2ccccc2)C(=O)NC(C)C)c2ccc(F)cc2)cc1. The Balaban J connectivity index is 1.81. The largest absolute Gasteiger partial charge is 0.497 e. The standard InChI is InChI=1S/C34H35F2N3O5S/c1-24(2)37-34(41)32(21-25-9-5-4-6-10-25)38(22-26-11-7-8-12-31(26)36)33(40)23-39(28-15-13-27(35)14-16-28)45(42,43)30-19-17-29(44-3)18-20-30/h4-20,24,32H,21-23H2,1-3H3,(H,37,41)/t32-/m0/s1. The van der Waals surface area contributed by atoms with Crippen molar-refractivity contribution in [1.29, 1.82) is 0 Å². The lowest BCUT2D eigenvalue weighted by Gasteiger charge is -2.34. The summed E-state index contributed by atoms with van der Waals surface area (Å²) in [5.74, 6) is -2.00. The van der Waals surface area contributed by atoms with E-state index in [1.165, 1.54) is 66.6 Å². The smallest absolute Gasteiger partial charge is 0.264 e. The van der Waals surface area contributed by atoms with Gasteiger partial charge in [0, 0.05) is 24.6 Å². The molecule has 1 atom stereocenters. The number of nitrogens with one attached hydrogen (secondary N) is 1. The Labute approximate surface area is 262 Å². The van der Waals surface area contributed by atoms with Crippen molar-refractivity contribution < 1.29 is 31.5 Å². The van der Waals surface area contributed by atoms with Crippen LogP contribution in [0.15, 0.2) is 108 Å². The van der Waals surface area contributed by atoms with E-state index in [0.717, 1.165) is 22.0 Å². The van der Waals surface area contributed by atoms with E-state index in [1.807, 2.05) is 6.07 Å². The van der Waals surface area contributed by atoms with Crippen LogP contribution in [0, 0.1) is 11.6 Å². The first-order valence-corrected chi connectivity index (χ1v) is 15.7. The molecule has 0 saturated carbocycles. The van der Waals surface area contributed by atoms with Crippen molar-refractivity contribution in [3.8, 4) is 5.75 Å². The van der Waals surface area contributed by atoms with E-state index >= 15 is 0 Å². The second kappa shape index (κ2) is 14.8. The quantitative estimate of drug-likeness (QED) is 0.214. The number of amides is 2. The van der Waals surface area contributed by atoms with E-state index in [0.29, 0.717) is 5.75 Å². The molecule has 1 N–H and O–H groups in total. The van der Waals surface area contributed by atoms with E-state index in [9.17, 15) is 26.8 Å². The average Bonchev–Trinajstić information content (AvgIpc) is 3.03. The van der Waals surface area contributed by atoms with Gasteiger partial charge in [-0.3, -0.25) is 13.9 Å². The summed E-state index contributed by atoms with van der Waals surface area (Å²) in [5, 5.41) is 2.85. The molecular formula is C34H35F2N3O5S. The minimum absolute atomic E-state index is 0.0256. The number of anilines is 1. The molecule has 4 rings (SSSR count). The predicted molar refractivity (Wildman–Crippen MR) is 168 cm³/mol. The van der Waals surface area contributed by atoms with Gasteiger partial charge in [0.2, 0.25) is 11.8 Å². The summed E-state index contributed by atoms with van der Waals surface area (Å²) in [7, 11) is -2.95. The minimum atomic E-state index is -4.39. The van der Waals surface area contributed by atoms with Crippen molar-refractivity contribution in [2.24, 2.45) is 0 Å². The van der Waals surface area contributed by atoms with Crippen LogP contribution in [0.2, 0.25) is 0 Å². The number of benzene rings is 4. The third-order valence-electron chi connectivity index (χ3n) is 7.04. The second-order valence-electron chi connectivity index (χ2n) is 10.6. The van der Waals surface area contributed by atoms with Gasteiger partial charge in [-0.15, -0.1) is 0 Å². The number of hydrogen-bond donors (Lipinski definition) is 1.